The number of fused-ring (bicyclic) bond motifs is 1. The number of hydrogen-bond donors (Lipinski definition) is 0. The molecule has 0 bridgehead atoms. The summed E-state index contributed by atoms with van der Waals surface area (Å²) >= 11 is 0. The maximum atomic E-state index is 12.3. The zero-order valence-corrected chi connectivity index (χ0v) is 10.6. The highest BCUT2D eigenvalue weighted by Gasteiger charge is 2.66. The van der Waals surface area contributed by atoms with Crippen molar-refractivity contribution in [3.05, 3.63) is 0 Å². The van der Waals surface area contributed by atoms with Gasteiger partial charge in [0.25, 0.3) is 0 Å². The molecule has 2 heteroatoms. The lowest BCUT2D eigenvalue weighted by Crippen LogP contribution is -2.41. The van der Waals surface area contributed by atoms with Gasteiger partial charge in [0.05, 0.1) is 0 Å². The van der Waals surface area contributed by atoms with Crippen molar-refractivity contribution in [3.8, 4) is 0 Å². The molecule has 0 aromatic carbocycles. The maximum Gasteiger partial charge on any atom is 0.139 e. The maximum absolute atomic E-state index is 12.3. The zero-order valence-electron chi connectivity index (χ0n) is 10.6. The number of Topliss-reactive ketones (excluding diaryl/α,β-unsaturated/α-hetero) is 1. The number of rotatable bonds is 3. The first-order valence-electron chi connectivity index (χ1n) is 6.37. The quantitative estimate of drug-likeness (QED) is 0.687. The summed E-state index contributed by atoms with van der Waals surface area (Å²) in [5.41, 5.74) is 0.0287. The van der Waals surface area contributed by atoms with Crippen LogP contribution in [0.5, 0.6) is 0 Å². The van der Waals surface area contributed by atoms with E-state index in [4.69, 9.17) is 0 Å². The van der Waals surface area contributed by atoms with Crippen molar-refractivity contribution in [2.24, 2.45) is 16.2 Å². The lowest BCUT2D eigenvalue weighted by Gasteiger charge is -2.44. The van der Waals surface area contributed by atoms with Crippen LogP contribution in [0.4, 0.5) is 0 Å². The topological polar surface area (TPSA) is 34.1 Å². The smallest absolute Gasteiger partial charge is 0.139 e. The molecule has 2 aliphatic carbocycles. The van der Waals surface area contributed by atoms with Gasteiger partial charge in [-0.3, -0.25) is 4.79 Å². The zero-order chi connectivity index (χ0) is 12.0. The minimum absolute atomic E-state index is 0.111. The van der Waals surface area contributed by atoms with E-state index in [0.29, 0.717) is 12.2 Å². The molecule has 0 aliphatic heterocycles. The molecule has 0 spiro atoms. The van der Waals surface area contributed by atoms with Crippen molar-refractivity contribution < 1.29 is 9.59 Å². The van der Waals surface area contributed by atoms with Gasteiger partial charge in [0.2, 0.25) is 0 Å². The monoisotopic (exact) mass is 222 g/mol. The third-order valence-corrected chi connectivity index (χ3v) is 5.88. The van der Waals surface area contributed by atoms with Crippen LogP contribution in [-0.2, 0) is 9.59 Å². The molecular weight excluding hydrogens is 200 g/mol. The van der Waals surface area contributed by atoms with Gasteiger partial charge in [-0.1, -0.05) is 27.2 Å². The Kier molecular flexibility index (Phi) is 2.52. The van der Waals surface area contributed by atoms with Gasteiger partial charge >= 0.3 is 0 Å². The Morgan fingerprint density at radius 1 is 1.25 bits per heavy atom. The fourth-order valence-electron chi connectivity index (χ4n) is 4.26. The molecule has 2 nitrogen and oxygen atoms in total. The molecule has 2 aliphatic rings. The molecule has 0 heterocycles. The molecule has 16 heavy (non-hydrogen) atoms. The highest BCUT2D eigenvalue weighted by atomic mass is 16.1. The van der Waals surface area contributed by atoms with E-state index >= 15 is 0 Å². The summed E-state index contributed by atoms with van der Waals surface area (Å²) in [4.78, 5) is 22.9. The molecule has 2 saturated carbocycles. The third-order valence-electron chi connectivity index (χ3n) is 5.88. The predicted octanol–water partition coefficient (Wildman–Crippen LogP) is 3.14. The fourth-order valence-corrected chi connectivity index (χ4v) is 4.26. The lowest BCUT2D eigenvalue weighted by molar-refractivity contribution is -0.129. The fraction of sp³-hybridized carbons (Fsp3) is 0.857. The molecule has 0 amide bonds. The van der Waals surface area contributed by atoms with Gasteiger partial charge in [0.15, 0.2) is 0 Å². The number of carbonyl (C=O) groups excluding carboxylic acids is 2. The molecule has 0 aromatic rings. The third kappa shape index (κ3) is 1.19. The highest BCUT2D eigenvalue weighted by molar-refractivity contribution is 5.89. The van der Waals surface area contributed by atoms with E-state index in [1.54, 1.807) is 0 Å². The molecule has 2 rings (SSSR count). The molecule has 0 unspecified atom stereocenters. The Morgan fingerprint density at radius 3 is 2.56 bits per heavy atom. The summed E-state index contributed by atoms with van der Waals surface area (Å²) in [5.74, 6) is 0.388. The Morgan fingerprint density at radius 2 is 1.94 bits per heavy atom. The summed E-state index contributed by atoms with van der Waals surface area (Å²) in [6, 6.07) is 0. The molecular formula is C14H22O2. The van der Waals surface area contributed by atoms with E-state index < -0.39 is 0 Å². The minimum Gasteiger partial charge on any atom is -0.303 e. The molecule has 90 valence electrons. The average Bonchev–Trinajstić information content (AvgIpc) is 2.58. The van der Waals surface area contributed by atoms with E-state index in [1.165, 1.54) is 12.8 Å². The van der Waals surface area contributed by atoms with Crippen LogP contribution in [0, 0.1) is 16.2 Å². The van der Waals surface area contributed by atoms with Crippen LogP contribution >= 0.6 is 0 Å². The SMILES string of the molecule is C[C@@]12CCC[C@]1(C)[C@](C)(CCC=O)C(=O)C2. The first-order chi connectivity index (χ1) is 7.40. The first-order valence-corrected chi connectivity index (χ1v) is 6.37. The molecule has 0 saturated heterocycles. The summed E-state index contributed by atoms with van der Waals surface area (Å²) in [6.45, 7) is 6.63. The van der Waals surface area contributed by atoms with Crippen LogP contribution in [0.1, 0.15) is 59.3 Å². The number of ketones is 1. The van der Waals surface area contributed by atoms with Gasteiger partial charge in [-0.25, -0.2) is 0 Å². The van der Waals surface area contributed by atoms with Crippen molar-refractivity contribution in [2.75, 3.05) is 0 Å². The second-order valence-corrected chi connectivity index (χ2v) is 6.38. The van der Waals surface area contributed by atoms with Crippen molar-refractivity contribution in [2.45, 2.75) is 59.3 Å². The van der Waals surface area contributed by atoms with E-state index in [9.17, 15) is 9.59 Å². The normalized spacial score (nSPS) is 47.1. The number of carbonyl (C=O) groups is 2. The van der Waals surface area contributed by atoms with Crippen molar-refractivity contribution in [1.82, 2.24) is 0 Å². The molecule has 0 aromatic heterocycles. The number of hydrogen-bond acceptors (Lipinski definition) is 2. The summed E-state index contributed by atoms with van der Waals surface area (Å²) < 4.78 is 0. The molecule has 3 atom stereocenters. The Labute approximate surface area is 97.8 Å². The summed E-state index contributed by atoms with van der Waals surface area (Å²) in [5, 5.41) is 0. The van der Waals surface area contributed by atoms with Gasteiger partial charge in [-0.05, 0) is 30.1 Å². The summed E-state index contributed by atoms with van der Waals surface area (Å²) in [7, 11) is 0. The molecule has 0 radical (unpaired) electrons. The van der Waals surface area contributed by atoms with Crippen molar-refractivity contribution in [3.63, 3.8) is 0 Å². The first kappa shape index (κ1) is 11.8. The van der Waals surface area contributed by atoms with Crippen LogP contribution in [0.3, 0.4) is 0 Å². The Hall–Kier alpha value is -0.660. The van der Waals surface area contributed by atoms with E-state index in [-0.39, 0.29) is 16.2 Å². The second-order valence-electron chi connectivity index (χ2n) is 6.38. The highest BCUT2D eigenvalue weighted by Crippen LogP contribution is 2.69. The Balaban J connectivity index is 2.37. The van der Waals surface area contributed by atoms with Crippen LogP contribution < -0.4 is 0 Å². The van der Waals surface area contributed by atoms with Crippen molar-refractivity contribution in [1.29, 1.82) is 0 Å². The van der Waals surface area contributed by atoms with Gasteiger partial charge < -0.3 is 4.79 Å². The standard InChI is InChI=1S/C14H22O2/c1-12-6-4-8-14(12,3)13(2,7-5-9-15)11(16)10-12/h9H,4-8,10H2,1-3H3/t12-,13+,14-/m0/s1. The van der Waals surface area contributed by atoms with E-state index in [1.807, 2.05) is 0 Å². The van der Waals surface area contributed by atoms with E-state index in [2.05, 4.69) is 20.8 Å². The van der Waals surface area contributed by atoms with Crippen LogP contribution in [-0.4, -0.2) is 12.1 Å². The second kappa shape index (κ2) is 3.41. The molecule has 2 fully saturated rings. The lowest BCUT2D eigenvalue weighted by atomic mass is 9.58. The van der Waals surface area contributed by atoms with Gasteiger partial charge in [0, 0.05) is 18.3 Å². The van der Waals surface area contributed by atoms with Crippen LogP contribution in [0.25, 0.3) is 0 Å². The van der Waals surface area contributed by atoms with Crippen molar-refractivity contribution >= 4 is 12.1 Å². The predicted molar refractivity (Wildman–Crippen MR) is 63.1 cm³/mol. The average molecular weight is 222 g/mol. The van der Waals surface area contributed by atoms with Gasteiger partial charge in [-0.15, -0.1) is 0 Å². The van der Waals surface area contributed by atoms with Gasteiger partial charge in [-0.2, -0.15) is 0 Å². The van der Waals surface area contributed by atoms with Crippen LogP contribution in [0.2, 0.25) is 0 Å². The number of aldehydes is 1. The Bertz CT molecular complexity index is 336. The molecule has 0 N–H and O–H groups in total. The van der Waals surface area contributed by atoms with Crippen LogP contribution in [0.15, 0.2) is 0 Å². The van der Waals surface area contributed by atoms with Gasteiger partial charge in [0.1, 0.15) is 12.1 Å². The van der Waals surface area contributed by atoms with E-state index in [0.717, 1.165) is 25.5 Å². The largest absolute Gasteiger partial charge is 0.303 e. The summed E-state index contributed by atoms with van der Waals surface area (Å²) in [6.07, 6.45) is 6.48. The minimum atomic E-state index is -0.265.